The maximum absolute atomic E-state index is 13.9. The zero-order chi connectivity index (χ0) is 20.4. The highest BCUT2D eigenvalue weighted by Crippen LogP contribution is 2.24. The molecule has 0 aliphatic carbocycles. The molecule has 1 amide bonds. The van der Waals surface area contributed by atoms with Gasteiger partial charge in [-0.25, -0.2) is 4.39 Å². The highest BCUT2D eigenvalue weighted by Gasteiger charge is 2.19. The van der Waals surface area contributed by atoms with Gasteiger partial charge in [-0.15, -0.1) is 0 Å². The number of amides is 1. The average Bonchev–Trinajstić information content (AvgIpc) is 3.14. The third-order valence-corrected chi connectivity index (χ3v) is 4.86. The first-order valence-corrected chi connectivity index (χ1v) is 9.06. The molecule has 2 aromatic heterocycles. The van der Waals surface area contributed by atoms with Crippen molar-refractivity contribution in [3.63, 3.8) is 0 Å². The molecule has 3 rings (SSSR count). The summed E-state index contributed by atoms with van der Waals surface area (Å²) in [6.45, 7) is 1.35. The quantitative estimate of drug-likeness (QED) is 0.437. The van der Waals surface area contributed by atoms with Gasteiger partial charge in [-0.05, 0) is 35.0 Å². The molecule has 0 atom stereocenters. The molecule has 0 radical (unpaired) electrons. The van der Waals surface area contributed by atoms with Gasteiger partial charge in [0.2, 0.25) is 5.91 Å². The number of nitrogens with zero attached hydrogens (tertiary/aromatic N) is 5. The van der Waals surface area contributed by atoms with Crippen molar-refractivity contribution in [2.75, 3.05) is 5.32 Å². The standard InChI is InChI=1S/C16H13BrClFN6O3/c1-9-14(25(27)28)5-20-24(9)8-15(26)21-16-11(17)7-23(22-16)6-10-12(18)3-2-4-13(10)19/h2-5,7H,6,8H2,1H3,(H,21,22,26). The first-order chi connectivity index (χ1) is 13.3. The summed E-state index contributed by atoms with van der Waals surface area (Å²) in [6.07, 6.45) is 2.66. The smallest absolute Gasteiger partial charge is 0.307 e. The summed E-state index contributed by atoms with van der Waals surface area (Å²) in [6, 6.07) is 4.38. The van der Waals surface area contributed by atoms with Crippen molar-refractivity contribution in [3.8, 4) is 0 Å². The number of nitrogens with one attached hydrogen (secondary N) is 1. The number of anilines is 1. The molecule has 0 saturated heterocycles. The number of carbonyl (C=O) groups excluding carboxylic acids is 1. The van der Waals surface area contributed by atoms with E-state index in [0.717, 1.165) is 6.20 Å². The van der Waals surface area contributed by atoms with Crippen molar-refractivity contribution in [2.24, 2.45) is 0 Å². The van der Waals surface area contributed by atoms with Gasteiger partial charge in [-0.3, -0.25) is 24.3 Å². The number of carbonyl (C=O) groups is 1. The Morgan fingerprint density at radius 2 is 2.21 bits per heavy atom. The van der Waals surface area contributed by atoms with Gasteiger partial charge < -0.3 is 5.32 Å². The topological polar surface area (TPSA) is 108 Å². The molecule has 9 nitrogen and oxygen atoms in total. The third-order valence-electron chi connectivity index (χ3n) is 3.92. The third kappa shape index (κ3) is 4.20. The van der Waals surface area contributed by atoms with Crippen LogP contribution in [0.25, 0.3) is 0 Å². The Kier molecular flexibility index (Phi) is 5.75. The Hall–Kier alpha value is -2.79. The number of aromatic nitrogens is 4. The number of benzene rings is 1. The normalized spacial score (nSPS) is 10.9. The molecule has 0 fully saturated rings. The van der Waals surface area contributed by atoms with E-state index in [1.165, 1.54) is 28.4 Å². The number of hydrogen-bond acceptors (Lipinski definition) is 5. The van der Waals surface area contributed by atoms with E-state index in [2.05, 4.69) is 31.4 Å². The van der Waals surface area contributed by atoms with Crippen LogP contribution in [0.1, 0.15) is 11.3 Å². The van der Waals surface area contributed by atoms with E-state index in [-0.39, 0.29) is 40.9 Å². The van der Waals surface area contributed by atoms with Gasteiger partial charge in [0.15, 0.2) is 5.82 Å². The van der Waals surface area contributed by atoms with Crippen molar-refractivity contribution in [1.82, 2.24) is 19.6 Å². The van der Waals surface area contributed by atoms with Gasteiger partial charge in [-0.1, -0.05) is 17.7 Å². The molecule has 0 spiro atoms. The summed E-state index contributed by atoms with van der Waals surface area (Å²) in [7, 11) is 0. The average molecular weight is 472 g/mol. The lowest BCUT2D eigenvalue weighted by Crippen LogP contribution is -2.21. The molecule has 1 N–H and O–H groups in total. The minimum atomic E-state index is -0.567. The van der Waals surface area contributed by atoms with Gasteiger partial charge in [-0.2, -0.15) is 10.2 Å². The van der Waals surface area contributed by atoms with Crippen LogP contribution in [-0.2, 0) is 17.9 Å². The number of nitro groups is 1. The molecule has 2 heterocycles. The highest BCUT2D eigenvalue weighted by atomic mass is 79.9. The monoisotopic (exact) mass is 470 g/mol. The van der Waals surface area contributed by atoms with Crippen LogP contribution in [0.3, 0.4) is 0 Å². The summed E-state index contributed by atoms with van der Waals surface area (Å²) in [5.41, 5.74) is 0.371. The molecular formula is C16H13BrClFN6O3. The van der Waals surface area contributed by atoms with Crippen molar-refractivity contribution in [3.05, 3.63) is 67.3 Å². The molecule has 12 heteroatoms. The van der Waals surface area contributed by atoms with Crippen molar-refractivity contribution in [1.29, 1.82) is 0 Å². The lowest BCUT2D eigenvalue weighted by Gasteiger charge is -2.06. The number of hydrogen-bond donors (Lipinski definition) is 1. The van der Waals surface area contributed by atoms with E-state index in [4.69, 9.17) is 11.6 Å². The summed E-state index contributed by atoms with van der Waals surface area (Å²) in [5.74, 6) is -0.715. The minimum absolute atomic E-state index is 0.0738. The van der Waals surface area contributed by atoms with E-state index in [1.807, 2.05) is 0 Å². The van der Waals surface area contributed by atoms with Gasteiger partial charge in [0.05, 0.1) is 15.9 Å². The first-order valence-electron chi connectivity index (χ1n) is 7.88. The van der Waals surface area contributed by atoms with E-state index >= 15 is 0 Å². The molecule has 3 aromatic rings. The molecule has 1 aromatic carbocycles. The highest BCUT2D eigenvalue weighted by molar-refractivity contribution is 9.10. The predicted molar refractivity (Wildman–Crippen MR) is 103 cm³/mol. The Morgan fingerprint density at radius 1 is 1.46 bits per heavy atom. The Labute approximate surface area is 171 Å². The molecule has 0 unspecified atom stereocenters. The Balaban J connectivity index is 1.71. The molecule has 146 valence electrons. The van der Waals surface area contributed by atoms with Crippen LogP contribution in [0, 0.1) is 22.9 Å². The fraction of sp³-hybridized carbons (Fsp3) is 0.188. The fourth-order valence-electron chi connectivity index (χ4n) is 2.49. The molecule has 28 heavy (non-hydrogen) atoms. The SMILES string of the molecule is Cc1c([N+](=O)[O-])cnn1CC(=O)Nc1nn(Cc2c(F)cccc2Cl)cc1Br. The predicted octanol–water partition coefficient (Wildman–Crippen LogP) is 3.54. The summed E-state index contributed by atoms with van der Waals surface area (Å²) >= 11 is 9.30. The summed E-state index contributed by atoms with van der Waals surface area (Å²) in [4.78, 5) is 22.5. The maximum atomic E-state index is 13.9. The zero-order valence-corrected chi connectivity index (χ0v) is 16.7. The van der Waals surface area contributed by atoms with Gasteiger partial charge in [0.1, 0.15) is 24.3 Å². The largest absolute Gasteiger partial charge is 0.309 e. The van der Waals surface area contributed by atoms with Crippen LogP contribution in [0.4, 0.5) is 15.9 Å². The van der Waals surface area contributed by atoms with Crippen LogP contribution < -0.4 is 5.32 Å². The summed E-state index contributed by atoms with van der Waals surface area (Å²) in [5, 5.41) is 21.8. The molecule has 0 aliphatic rings. The number of rotatable bonds is 6. The van der Waals surface area contributed by atoms with E-state index in [0.29, 0.717) is 4.47 Å². The Morgan fingerprint density at radius 3 is 2.86 bits per heavy atom. The van der Waals surface area contributed by atoms with Crippen LogP contribution in [0.5, 0.6) is 0 Å². The first kappa shape index (κ1) is 20.0. The second kappa shape index (κ2) is 8.07. The van der Waals surface area contributed by atoms with Crippen LogP contribution in [0.2, 0.25) is 5.02 Å². The van der Waals surface area contributed by atoms with Crippen molar-refractivity contribution in [2.45, 2.75) is 20.0 Å². The maximum Gasteiger partial charge on any atom is 0.309 e. The molecular weight excluding hydrogens is 459 g/mol. The van der Waals surface area contributed by atoms with Crippen molar-refractivity contribution >= 4 is 44.9 Å². The zero-order valence-electron chi connectivity index (χ0n) is 14.4. The van der Waals surface area contributed by atoms with E-state index < -0.39 is 16.6 Å². The molecule has 0 saturated carbocycles. The molecule has 0 bridgehead atoms. The van der Waals surface area contributed by atoms with E-state index in [1.54, 1.807) is 12.3 Å². The van der Waals surface area contributed by atoms with Crippen LogP contribution in [-0.4, -0.2) is 30.4 Å². The Bertz CT molecular complexity index is 1050. The van der Waals surface area contributed by atoms with Gasteiger partial charge in [0, 0.05) is 16.8 Å². The van der Waals surface area contributed by atoms with Crippen LogP contribution >= 0.6 is 27.5 Å². The summed E-state index contributed by atoms with van der Waals surface area (Å²) < 4.78 is 17.1. The lowest BCUT2D eigenvalue weighted by molar-refractivity contribution is -0.385. The van der Waals surface area contributed by atoms with E-state index in [9.17, 15) is 19.3 Å². The number of halogens is 3. The fourth-order valence-corrected chi connectivity index (χ4v) is 3.13. The van der Waals surface area contributed by atoms with Crippen molar-refractivity contribution < 1.29 is 14.1 Å². The second-order valence-corrected chi connectivity index (χ2v) is 7.06. The van der Waals surface area contributed by atoms with Gasteiger partial charge in [0.25, 0.3) is 0 Å². The lowest BCUT2D eigenvalue weighted by atomic mass is 10.2. The second-order valence-electron chi connectivity index (χ2n) is 5.80. The van der Waals surface area contributed by atoms with Gasteiger partial charge >= 0.3 is 5.69 Å². The minimum Gasteiger partial charge on any atom is -0.307 e. The molecule has 0 aliphatic heterocycles. The van der Waals surface area contributed by atoms with Crippen LogP contribution in [0.15, 0.2) is 35.1 Å².